The predicted molar refractivity (Wildman–Crippen MR) is 54.8 cm³/mol. The van der Waals surface area contributed by atoms with Crippen LogP contribution in [0.2, 0.25) is 0 Å². The van der Waals surface area contributed by atoms with E-state index in [2.05, 4.69) is 0 Å². The van der Waals surface area contributed by atoms with Gasteiger partial charge in [-0.2, -0.15) is 5.26 Å². The summed E-state index contributed by atoms with van der Waals surface area (Å²) in [5.74, 6) is 0.0672. The molecule has 0 amide bonds. The number of carbonyl (C=O) groups excluding carboxylic acids is 1. The number of rotatable bonds is 4. The lowest BCUT2D eigenvalue weighted by molar-refractivity contribution is 0.102. The first-order valence-electron chi connectivity index (χ1n) is 4.02. The molecule has 1 N–H and O–H groups in total. The molecular formula is C10H9NO2S. The second-order valence-electron chi connectivity index (χ2n) is 2.66. The molecule has 72 valence electrons. The van der Waals surface area contributed by atoms with Gasteiger partial charge in [0.25, 0.3) is 0 Å². The van der Waals surface area contributed by atoms with Gasteiger partial charge in [0.1, 0.15) is 5.40 Å². The molecule has 0 radical (unpaired) electrons. The van der Waals surface area contributed by atoms with Crippen LogP contribution >= 0.6 is 11.8 Å². The standard InChI is InChI=1S/C10H9NO2S/c11-7-14-6-10(13)9-3-1-2-8(4-9)5-12/h1-4,12H,5-6H2. The van der Waals surface area contributed by atoms with Crippen molar-refractivity contribution in [2.45, 2.75) is 6.61 Å². The third-order valence-corrected chi connectivity index (χ3v) is 2.23. The minimum Gasteiger partial charge on any atom is -0.392 e. The fourth-order valence-electron chi connectivity index (χ4n) is 1.02. The summed E-state index contributed by atoms with van der Waals surface area (Å²) in [6.45, 7) is -0.0769. The molecule has 0 fully saturated rings. The number of aliphatic hydroxyl groups excluding tert-OH is 1. The first-order chi connectivity index (χ1) is 6.77. The summed E-state index contributed by atoms with van der Waals surface area (Å²) in [6, 6.07) is 6.78. The second-order valence-corrected chi connectivity index (χ2v) is 3.42. The highest BCUT2D eigenvalue weighted by molar-refractivity contribution is 8.04. The molecule has 1 rings (SSSR count). The van der Waals surface area contributed by atoms with Gasteiger partial charge in [0, 0.05) is 5.56 Å². The number of benzene rings is 1. The van der Waals surface area contributed by atoms with E-state index in [-0.39, 0.29) is 18.1 Å². The Labute approximate surface area is 86.4 Å². The van der Waals surface area contributed by atoms with Gasteiger partial charge in [-0.1, -0.05) is 18.2 Å². The number of aliphatic hydroxyl groups is 1. The molecule has 0 spiro atoms. The fraction of sp³-hybridized carbons (Fsp3) is 0.200. The van der Waals surface area contributed by atoms with Crippen molar-refractivity contribution < 1.29 is 9.90 Å². The van der Waals surface area contributed by atoms with Crippen molar-refractivity contribution in [1.82, 2.24) is 0 Å². The Morgan fingerprint density at radius 2 is 2.36 bits per heavy atom. The van der Waals surface area contributed by atoms with Crippen molar-refractivity contribution >= 4 is 17.5 Å². The van der Waals surface area contributed by atoms with Crippen LogP contribution in [0.25, 0.3) is 0 Å². The molecule has 0 bridgehead atoms. The molecule has 0 aliphatic rings. The van der Waals surface area contributed by atoms with E-state index in [0.29, 0.717) is 11.1 Å². The zero-order valence-electron chi connectivity index (χ0n) is 7.43. The maximum atomic E-state index is 11.4. The van der Waals surface area contributed by atoms with E-state index < -0.39 is 0 Å². The van der Waals surface area contributed by atoms with Gasteiger partial charge < -0.3 is 5.11 Å². The Hall–Kier alpha value is -1.31. The molecule has 0 unspecified atom stereocenters. The summed E-state index contributed by atoms with van der Waals surface area (Å²) in [4.78, 5) is 11.4. The number of Topliss-reactive ketones (excluding diaryl/α,β-unsaturated/α-hetero) is 1. The smallest absolute Gasteiger partial charge is 0.173 e. The van der Waals surface area contributed by atoms with E-state index in [9.17, 15) is 4.79 Å². The van der Waals surface area contributed by atoms with Gasteiger partial charge >= 0.3 is 0 Å². The molecule has 1 aromatic carbocycles. The van der Waals surface area contributed by atoms with Gasteiger partial charge in [0.2, 0.25) is 0 Å². The number of nitrogens with zero attached hydrogens (tertiary/aromatic N) is 1. The highest BCUT2D eigenvalue weighted by Crippen LogP contribution is 2.09. The van der Waals surface area contributed by atoms with Gasteiger partial charge in [-0.15, -0.1) is 0 Å². The fourth-order valence-corrected chi connectivity index (χ4v) is 1.39. The first kappa shape index (κ1) is 10.8. The minimum atomic E-state index is -0.0909. The van der Waals surface area contributed by atoms with Crippen molar-refractivity contribution in [2.24, 2.45) is 0 Å². The lowest BCUT2D eigenvalue weighted by Gasteiger charge is -2.00. The first-order valence-corrected chi connectivity index (χ1v) is 5.00. The van der Waals surface area contributed by atoms with Crippen LogP contribution in [-0.2, 0) is 6.61 Å². The summed E-state index contributed by atoms with van der Waals surface area (Å²) >= 11 is 0.918. The molecule has 4 heteroatoms. The van der Waals surface area contributed by atoms with Crippen molar-refractivity contribution in [2.75, 3.05) is 5.75 Å². The third kappa shape index (κ3) is 2.87. The van der Waals surface area contributed by atoms with Crippen molar-refractivity contribution in [1.29, 1.82) is 5.26 Å². The van der Waals surface area contributed by atoms with E-state index in [1.54, 1.807) is 24.3 Å². The molecule has 0 atom stereocenters. The van der Waals surface area contributed by atoms with E-state index >= 15 is 0 Å². The number of carbonyl (C=O) groups is 1. The summed E-state index contributed by atoms with van der Waals surface area (Å²) < 4.78 is 0. The van der Waals surface area contributed by atoms with Gasteiger partial charge in [-0.25, -0.2) is 0 Å². The number of hydrogen-bond donors (Lipinski definition) is 1. The zero-order valence-corrected chi connectivity index (χ0v) is 8.25. The van der Waals surface area contributed by atoms with E-state index in [1.165, 1.54) is 0 Å². The number of thiocyanates is 1. The van der Waals surface area contributed by atoms with Gasteiger partial charge in [-0.3, -0.25) is 4.79 Å². The maximum absolute atomic E-state index is 11.4. The Kier molecular flexibility index (Phi) is 4.17. The molecule has 0 saturated heterocycles. The van der Waals surface area contributed by atoms with Crippen LogP contribution in [0.4, 0.5) is 0 Å². The van der Waals surface area contributed by atoms with Crippen molar-refractivity contribution in [3.63, 3.8) is 0 Å². The average Bonchev–Trinajstić information content (AvgIpc) is 2.26. The largest absolute Gasteiger partial charge is 0.392 e. The monoisotopic (exact) mass is 207 g/mol. The highest BCUT2D eigenvalue weighted by atomic mass is 32.2. The zero-order chi connectivity index (χ0) is 10.4. The maximum Gasteiger partial charge on any atom is 0.173 e. The SMILES string of the molecule is N#CSCC(=O)c1cccc(CO)c1. The normalized spacial score (nSPS) is 9.43. The van der Waals surface area contributed by atoms with Crippen LogP contribution in [-0.4, -0.2) is 16.6 Å². The van der Waals surface area contributed by atoms with Crippen LogP contribution in [0.5, 0.6) is 0 Å². The topological polar surface area (TPSA) is 61.1 Å². The summed E-state index contributed by atoms with van der Waals surface area (Å²) in [5.41, 5.74) is 1.25. The molecule has 0 aliphatic heterocycles. The predicted octanol–water partition coefficient (Wildman–Crippen LogP) is 1.58. The Balaban J connectivity index is 2.75. The summed E-state index contributed by atoms with van der Waals surface area (Å²) in [5, 5.41) is 19.0. The quantitative estimate of drug-likeness (QED) is 0.601. The minimum absolute atomic E-state index is 0.0769. The van der Waals surface area contributed by atoms with Crippen LogP contribution < -0.4 is 0 Å². The van der Waals surface area contributed by atoms with Crippen LogP contribution in [0, 0.1) is 10.7 Å². The second kappa shape index (κ2) is 5.43. The average molecular weight is 207 g/mol. The molecule has 0 heterocycles. The van der Waals surface area contributed by atoms with Gasteiger partial charge in [0.15, 0.2) is 5.78 Å². The van der Waals surface area contributed by atoms with E-state index in [4.69, 9.17) is 10.4 Å². The van der Waals surface area contributed by atoms with Crippen molar-refractivity contribution in [3.8, 4) is 5.40 Å². The molecule has 14 heavy (non-hydrogen) atoms. The third-order valence-electron chi connectivity index (χ3n) is 1.70. The Morgan fingerprint density at radius 1 is 1.57 bits per heavy atom. The molecule has 1 aromatic rings. The van der Waals surface area contributed by atoms with Crippen LogP contribution in [0.3, 0.4) is 0 Å². The van der Waals surface area contributed by atoms with Crippen LogP contribution in [0.1, 0.15) is 15.9 Å². The van der Waals surface area contributed by atoms with E-state index in [0.717, 1.165) is 11.8 Å². The molecule has 0 aromatic heterocycles. The Morgan fingerprint density at radius 3 is 3.00 bits per heavy atom. The Bertz CT molecular complexity index is 371. The van der Waals surface area contributed by atoms with Gasteiger partial charge in [0.05, 0.1) is 12.4 Å². The molecular weight excluding hydrogens is 198 g/mol. The number of hydrogen-bond acceptors (Lipinski definition) is 4. The molecule has 0 aliphatic carbocycles. The highest BCUT2D eigenvalue weighted by Gasteiger charge is 2.05. The number of ketones is 1. The molecule has 0 saturated carbocycles. The van der Waals surface area contributed by atoms with Gasteiger partial charge in [-0.05, 0) is 23.4 Å². The van der Waals surface area contributed by atoms with Crippen LogP contribution in [0.15, 0.2) is 24.3 Å². The number of thioether (sulfide) groups is 1. The van der Waals surface area contributed by atoms with Crippen molar-refractivity contribution in [3.05, 3.63) is 35.4 Å². The summed E-state index contributed by atoms with van der Waals surface area (Å²) in [7, 11) is 0. The van der Waals surface area contributed by atoms with E-state index in [1.807, 2.05) is 5.40 Å². The lowest BCUT2D eigenvalue weighted by atomic mass is 10.1. The summed E-state index contributed by atoms with van der Waals surface area (Å²) in [6.07, 6.45) is 0. The molecule has 3 nitrogen and oxygen atoms in total. The number of nitriles is 1. The lowest BCUT2D eigenvalue weighted by Crippen LogP contribution is -2.02.